The van der Waals surface area contributed by atoms with Crippen LogP contribution in [-0.4, -0.2) is 35.9 Å². The number of hydrogen-bond donors (Lipinski definition) is 1. The van der Waals surface area contributed by atoms with Crippen molar-refractivity contribution in [3.8, 4) is 0 Å². The Kier molecular flexibility index (Phi) is 4.35. The fourth-order valence-corrected chi connectivity index (χ4v) is 1.94. The highest BCUT2D eigenvalue weighted by Crippen LogP contribution is 2.22. The van der Waals surface area contributed by atoms with Gasteiger partial charge in [0.05, 0.1) is 19.3 Å². The molecule has 1 fully saturated rings. The van der Waals surface area contributed by atoms with Gasteiger partial charge in [-0.2, -0.15) is 0 Å². The lowest BCUT2D eigenvalue weighted by molar-refractivity contribution is -0.153. The smallest absolute Gasteiger partial charge is 0.335 e. The lowest BCUT2D eigenvalue weighted by Crippen LogP contribution is -2.37. The van der Waals surface area contributed by atoms with Crippen LogP contribution >= 0.6 is 0 Å². The lowest BCUT2D eigenvalue weighted by atomic mass is 10.1. The number of azide groups is 1. The molecular formula is C12H13N3O4. The average molecular weight is 263 g/mol. The second-order valence-electron chi connectivity index (χ2n) is 4.13. The summed E-state index contributed by atoms with van der Waals surface area (Å²) in [5.41, 5.74) is 9.37. The van der Waals surface area contributed by atoms with E-state index in [9.17, 15) is 4.79 Å². The van der Waals surface area contributed by atoms with Gasteiger partial charge in [-0.25, -0.2) is 4.79 Å². The Labute approximate surface area is 109 Å². The third-order valence-electron chi connectivity index (χ3n) is 2.85. The number of carbonyl (C=O) groups is 1. The van der Waals surface area contributed by atoms with Crippen molar-refractivity contribution >= 4 is 5.97 Å². The molecule has 1 aliphatic rings. The molecule has 0 radical (unpaired) electrons. The van der Waals surface area contributed by atoms with E-state index in [4.69, 9.17) is 20.1 Å². The summed E-state index contributed by atoms with van der Waals surface area (Å²) in [6.07, 6.45) is -1.87. The molecule has 1 aliphatic heterocycles. The number of benzene rings is 1. The second-order valence-corrected chi connectivity index (χ2v) is 4.13. The first kappa shape index (κ1) is 13.4. The van der Waals surface area contributed by atoms with Gasteiger partial charge >= 0.3 is 5.97 Å². The predicted molar refractivity (Wildman–Crippen MR) is 65.3 cm³/mol. The maximum atomic E-state index is 11.0. The molecule has 0 saturated carbocycles. The van der Waals surface area contributed by atoms with Crippen LogP contribution in [0.3, 0.4) is 0 Å². The summed E-state index contributed by atoms with van der Waals surface area (Å²) in [4.78, 5) is 13.7. The van der Waals surface area contributed by atoms with Crippen LogP contribution in [0.15, 0.2) is 35.4 Å². The maximum absolute atomic E-state index is 11.0. The molecule has 0 amide bonds. The van der Waals surface area contributed by atoms with Gasteiger partial charge in [-0.3, -0.25) is 0 Å². The topological polar surface area (TPSA) is 105 Å². The van der Waals surface area contributed by atoms with Gasteiger partial charge in [-0.05, 0) is 11.1 Å². The van der Waals surface area contributed by atoms with Crippen LogP contribution in [-0.2, 0) is 20.9 Å². The van der Waals surface area contributed by atoms with Gasteiger partial charge in [-0.15, -0.1) is 0 Å². The van der Waals surface area contributed by atoms with E-state index in [-0.39, 0.29) is 13.2 Å². The SMILES string of the molecule is [N-]=[N+]=N[C@H]1CO[C@@H](C(=O)O)[C@@H]1OCc1ccccc1. The second kappa shape index (κ2) is 6.19. The van der Waals surface area contributed by atoms with E-state index in [1.54, 1.807) is 0 Å². The molecule has 1 aromatic rings. The van der Waals surface area contributed by atoms with Crippen molar-refractivity contribution < 1.29 is 19.4 Å². The maximum Gasteiger partial charge on any atom is 0.335 e. The summed E-state index contributed by atoms with van der Waals surface area (Å²) in [5, 5.41) is 12.5. The van der Waals surface area contributed by atoms with Crippen molar-refractivity contribution in [1.82, 2.24) is 0 Å². The van der Waals surface area contributed by atoms with E-state index in [2.05, 4.69) is 10.0 Å². The molecule has 1 aromatic carbocycles. The number of aliphatic carboxylic acids is 1. The minimum Gasteiger partial charge on any atom is -0.479 e. The monoisotopic (exact) mass is 263 g/mol. The molecule has 1 N–H and O–H groups in total. The molecule has 1 heterocycles. The molecule has 0 spiro atoms. The third-order valence-corrected chi connectivity index (χ3v) is 2.85. The number of carboxylic acids is 1. The number of carboxylic acid groups (broad SMARTS) is 1. The first-order valence-electron chi connectivity index (χ1n) is 5.76. The Morgan fingerprint density at radius 1 is 1.53 bits per heavy atom. The molecule has 2 rings (SSSR count). The van der Waals surface area contributed by atoms with Crippen LogP contribution in [0.2, 0.25) is 0 Å². The van der Waals surface area contributed by atoms with Crippen LogP contribution in [0.25, 0.3) is 10.4 Å². The van der Waals surface area contributed by atoms with E-state index in [1.807, 2.05) is 30.3 Å². The molecule has 0 aromatic heterocycles. The van der Waals surface area contributed by atoms with Gasteiger partial charge in [0.15, 0.2) is 6.10 Å². The van der Waals surface area contributed by atoms with E-state index >= 15 is 0 Å². The van der Waals surface area contributed by atoms with Crippen molar-refractivity contribution in [3.63, 3.8) is 0 Å². The largest absolute Gasteiger partial charge is 0.479 e. The number of ether oxygens (including phenoxy) is 2. The minimum absolute atomic E-state index is 0.0560. The van der Waals surface area contributed by atoms with Crippen molar-refractivity contribution in [3.05, 3.63) is 46.3 Å². The fourth-order valence-electron chi connectivity index (χ4n) is 1.94. The molecule has 19 heavy (non-hydrogen) atoms. The molecule has 100 valence electrons. The van der Waals surface area contributed by atoms with Crippen LogP contribution in [0.4, 0.5) is 0 Å². The fraction of sp³-hybridized carbons (Fsp3) is 0.417. The van der Waals surface area contributed by atoms with E-state index in [0.717, 1.165) is 5.56 Å². The van der Waals surface area contributed by atoms with Crippen LogP contribution in [0, 0.1) is 0 Å². The van der Waals surface area contributed by atoms with Gasteiger partial charge in [0.25, 0.3) is 0 Å². The van der Waals surface area contributed by atoms with Gasteiger partial charge in [0, 0.05) is 4.91 Å². The Balaban J connectivity index is 2.04. The van der Waals surface area contributed by atoms with Gasteiger partial charge in [0.2, 0.25) is 0 Å². The highest BCUT2D eigenvalue weighted by Gasteiger charge is 2.42. The van der Waals surface area contributed by atoms with Gasteiger partial charge in [-0.1, -0.05) is 35.4 Å². The summed E-state index contributed by atoms with van der Waals surface area (Å²) in [6, 6.07) is 8.73. The standard InChI is InChI=1S/C12H13N3O4/c13-15-14-9-7-19-11(12(16)17)10(9)18-6-8-4-2-1-3-5-8/h1-5,9-11H,6-7H2,(H,16,17)/t9-,10+,11+/m0/s1. The highest BCUT2D eigenvalue weighted by atomic mass is 16.6. The molecule has 0 bridgehead atoms. The number of rotatable bonds is 5. The molecule has 0 unspecified atom stereocenters. The number of hydrogen-bond acceptors (Lipinski definition) is 4. The van der Waals surface area contributed by atoms with Crippen LogP contribution in [0.5, 0.6) is 0 Å². The molecular weight excluding hydrogens is 250 g/mol. The van der Waals surface area contributed by atoms with E-state index in [0.29, 0.717) is 0 Å². The zero-order valence-electron chi connectivity index (χ0n) is 10.0. The summed E-state index contributed by atoms with van der Waals surface area (Å²) < 4.78 is 10.6. The Morgan fingerprint density at radius 2 is 2.26 bits per heavy atom. The number of nitrogens with zero attached hydrogens (tertiary/aromatic N) is 3. The molecule has 7 heteroatoms. The van der Waals surface area contributed by atoms with Crippen molar-refractivity contribution in [2.75, 3.05) is 6.61 Å². The van der Waals surface area contributed by atoms with Crippen LogP contribution < -0.4 is 0 Å². The summed E-state index contributed by atoms with van der Waals surface area (Å²) in [5.74, 6) is -1.12. The zero-order chi connectivity index (χ0) is 13.7. The first-order valence-corrected chi connectivity index (χ1v) is 5.76. The van der Waals surface area contributed by atoms with E-state index in [1.165, 1.54) is 0 Å². The van der Waals surface area contributed by atoms with Crippen molar-refractivity contribution in [2.24, 2.45) is 5.11 Å². The quantitative estimate of drug-likeness (QED) is 0.496. The summed E-state index contributed by atoms with van der Waals surface area (Å²) in [7, 11) is 0. The summed E-state index contributed by atoms with van der Waals surface area (Å²) in [6.45, 7) is 0.302. The normalized spacial score (nSPS) is 25.8. The molecule has 3 atom stereocenters. The van der Waals surface area contributed by atoms with E-state index < -0.39 is 24.2 Å². The third kappa shape index (κ3) is 3.23. The zero-order valence-corrected chi connectivity index (χ0v) is 10.0. The molecule has 7 nitrogen and oxygen atoms in total. The van der Waals surface area contributed by atoms with Gasteiger partial charge < -0.3 is 14.6 Å². The minimum atomic E-state index is -1.12. The van der Waals surface area contributed by atoms with Gasteiger partial charge in [0.1, 0.15) is 6.10 Å². The first-order chi connectivity index (χ1) is 9.22. The molecule has 0 aliphatic carbocycles. The molecule has 1 saturated heterocycles. The Morgan fingerprint density at radius 3 is 2.89 bits per heavy atom. The average Bonchev–Trinajstić information content (AvgIpc) is 2.81. The Bertz CT molecular complexity index is 477. The lowest BCUT2D eigenvalue weighted by Gasteiger charge is -2.18. The highest BCUT2D eigenvalue weighted by molar-refractivity contribution is 5.73. The van der Waals surface area contributed by atoms with Crippen molar-refractivity contribution in [2.45, 2.75) is 24.9 Å². The van der Waals surface area contributed by atoms with Crippen LogP contribution in [0.1, 0.15) is 5.56 Å². The predicted octanol–water partition coefficient (Wildman–Crippen LogP) is 1.73. The van der Waals surface area contributed by atoms with Crippen molar-refractivity contribution in [1.29, 1.82) is 0 Å². The summed E-state index contributed by atoms with van der Waals surface area (Å²) >= 11 is 0. The Hall–Kier alpha value is -2.08.